The van der Waals surface area contributed by atoms with E-state index in [1.165, 1.54) is 12.1 Å². The number of hydrogen-bond donors (Lipinski definition) is 3. The molecule has 1 heterocycles. The van der Waals surface area contributed by atoms with E-state index in [0.29, 0.717) is 36.9 Å². The van der Waals surface area contributed by atoms with E-state index in [2.05, 4.69) is 20.9 Å². The highest BCUT2D eigenvalue weighted by Crippen LogP contribution is 2.28. The third-order valence-electron chi connectivity index (χ3n) is 4.39. The van der Waals surface area contributed by atoms with Gasteiger partial charge in [0.1, 0.15) is 23.7 Å². The molecular formula is C19H25FN4O2. The first kappa shape index (κ1) is 18.2. The highest BCUT2D eigenvalue weighted by atomic mass is 19.1. The molecule has 1 saturated carbocycles. The largest absolute Gasteiger partial charge is 0.459 e. The predicted molar refractivity (Wildman–Crippen MR) is 99.5 cm³/mol. The zero-order valence-corrected chi connectivity index (χ0v) is 15.2. The van der Waals surface area contributed by atoms with Gasteiger partial charge >= 0.3 is 0 Å². The van der Waals surface area contributed by atoms with Crippen LogP contribution in [0.1, 0.15) is 31.1 Å². The molecule has 3 rings (SSSR count). The van der Waals surface area contributed by atoms with Crippen LogP contribution in [0.25, 0.3) is 11.0 Å². The smallest absolute Gasteiger partial charge is 0.223 e. The first-order valence-electron chi connectivity index (χ1n) is 9.06. The molecule has 1 aliphatic rings. The lowest BCUT2D eigenvalue weighted by atomic mass is 10.1. The van der Waals surface area contributed by atoms with Crippen molar-refractivity contribution in [2.45, 2.75) is 33.2 Å². The summed E-state index contributed by atoms with van der Waals surface area (Å²) in [6.07, 6.45) is 2.01. The number of aliphatic imine (C=N–C) groups is 1. The number of rotatable bonds is 7. The van der Waals surface area contributed by atoms with Crippen molar-refractivity contribution in [2.75, 3.05) is 19.6 Å². The summed E-state index contributed by atoms with van der Waals surface area (Å²) in [5.41, 5.74) is 1.56. The van der Waals surface area contributed by atoms with Crippen molar-refractivity contribution in [3.05, 3.63) is 35.3 Å². The van der Waals surface area contributed by atoms with Crippen molar-refractivity contribution in [1.82, 2.24) is 16.0 Å². The number of benzene rings is 1. The highest BCUT2D eigenvalue weighted by Gasteiger charge is 2.28. The number of nitrogens with one attached hydrogen (secondary N) is 3. The van der Waals surface area contributed by atoms with Crippen molar-refractivity contribution >= 4 is 22.8 Å². The number of fused-ring (bicyclic) bond motifs is 1. The van der Waals surface area contributed by atoms with Gasteiger partial charge in [0.05, 0.1) is 0 Å². The molecule has 140 valence electrons. The second-order valence-corrected chi connectivity index (χ2v) is 6.48. The molecule has 1 aromatic heterocycles. The molecule has 0 atom stereocenters. The number of carbonyl (C=O) groups excluding carboxylic acids is 1. The van der Waals surface area contributed by atoms with Gasteiger partial charge in [0.25, 0.3) is 0 Å². The number of guanidine groups is 1. The Kier molecular flexibility index (Phi) is 5.75. The zero-order valence-electron chi connectivity index (χ0n) is 15.2. The minimum absolute atomic E-state index is 0.138. The van der Waals surface area contributed by atoms with Gasteiger partial charge in [-0.3, -0.25) is 4.79 Å². The molecule has 1 aliphatic carbocycles. The van der Waals surface area contributed by atoms with Gasteiger partial charge in [0.2, 0.25) is 5.91 Å². The van der Waals surface area contributed by atoms with Crippen molar-refractivity contribution in [2.24, 2.45) is 10.9 Å². The van der Waals surface area contributed by atoms with E-state index in [-0.39, 0.29) is 17.6 Å². The summed E-state index contributed by atoms with van der Waals surface area (Å²) in [4.78, 5) is 16.1. The summed E-state index contributed by atoms with van der Waals surface area (Å²) in [6, 6.07) is 4.50. The molecule has 1 fully saturated rings. The van der Waals surface area contributed by atoms with E-state index in [9.17, 15) is 9.18 Å². The third-order valence-corrected chi connectivity index (χ3v) is 4.39. The van der Waals surface area contributed by atoms with Crippen LogP contribution in [0.3, 0.4) is 0 Å². The Labute approximate surface area is 152 Å². The fraction of sp³-hybridized carbons (Fsp3) is 0.474. The summed E-state index contributed by atoms with van der Waals surface area (Å²) < 4.78 is 19.2. The second kappa shape index (κ2) is 8.21. The number of aryl methyl sites for hydroxylation is 1. The average molecular weight is 360 g/mol. The molecule has 1 aromatic carbocycles. The number of furan rings is 1. The quantitative estimate of drug-likeness (QED) is 0.403. The second-order valence-electron chi connectivity index (χ2n) is 6.48. The number of nitrogens with zero attached hydrogens (tertiary/aromatic N) is 1. The standard InChI is InChI=1S/C19H25FN4O2/c1-3-21-19(23-9-8-22-18(25)13-4-5-13)24-11-17-12(2)15-10-14(20)6-7-16(15)26-17/h6-7,10,13H,3-5,8-9,11H2,1-2H3,(H,22,25)(H2,21,23,24). The van der Waals surface area contributed by atoms with Crippen LogP contribution in [0.15, 0.2) is 27.6 Å². The topological polar surface area (TPSA) is 78.7 Å². The Balaban J connectivity index is 1.57. The van der Waals surface area contributed by atoms with Gasteiger partial charge in [-0.25, -0.2) is 9.38 Å². The van der Waals surface area contributed by atoms with Crippen molar-refractivity contribution in [3.63, 3.8) is 0 Å². The van der Waals surface area contributed by atoms with E-state index in [1.807, 2.05) is 13.8 Å². The maximum absolute atomic E-state index is 13.4. The molecule has 0 radical (unpaired) electrons. The van der Waals surface area contributed by atoms with Gasteiger partial charge in [-0.1, -0.05) is 0 Å². The van der Waals surface area contributed by atoms with Gasteiger partial charge in [0.15, 0.2) is 5.96 Å². The first-order chi connectivity index (χ1) is 12.6. The average Bonchev–Trinajstić information content (AvgIpc) is 3.43. The number of amides is 1. The number of hydrogen-bond acceptors (Lipinski definition) is 3. The molecule has 0 saturated heterocycles. The molecular weight excluding hydrogens is 335 g/mol. The molecule has 26 heavy (non-hydrogen) atoms. The maximum Gasteiger partial charge on any atom is 0.223 e. The van der Waals surface area contributed by atoms with Gasteiger partial charge < -0.3 is 20.4 Å². The van der Waals surface area contributed by atoms with Gasteiger partial charge in [0, 0.05) is 36.5 Å². The molecule has 3 N–H and O–H groups in total. The summed E-state index contributed by atoms with van der Waals surface area (Å²) in [6.45, 7) is 6.12. The summed E-state index contributed by atoms with van der Waals surface area (Å²) in [7, 11) is 0. The summed E-state index contributed by atoms with van der Waals surface area (Å²) in [5, 5.41) is 10.0. The predicted octanol–water partition coefficient (Wildman–Crippen LogP) is 2.46. The fourth-order valence-electron chi connectivity index (χ4n) is 2.74. The van der Waals surface area contributed by atoms with E-state index >= 15 is 0 Å². The Hall–Kier alpha value is -2.57. The molecule has 0 bridgehead atoms. The normalized spacial score (nSPS) is 14.5. The van der Waals surface area contributed by atoms with Crippen LogP contribution in [-0.2, 0) is 11.3 Å². The molecule has 0 unspecified atom stereocenters. The first-order valence-corrected chi connectivity index (χ1v) is 9.06. The molecule has 2 aromatic rings. The fourth-order valence-corrected chi connectivity index (χ4v) is 2.74. The molecule has 7 heteroatoms. The Bertz CT molecular complexity index is 811. The van der Waals surface area contributed by atoms with Crippen LogP contribution in [0, 0.1) is 18.7 Å². The van der Waals surface area contributed by atoms with E-state index in [0.717, 1.165) is 30.3 Å². The van der Waals surface area contributed by atoms with Crippen molar-refractivity contribution in [1.29, 1.82) is 0 Å². The van der Waals surface area contributed by atoms with Gasteiger partial charge in [-0.15, -0.1) is 0 Å². The minimum Gasteiger partial charge on any atom is -0.459 e. The lowest BCUT2D eigenvalue weighted by molar-refractivity contribution is -0.122. The molecule has 1 amide bonds. The zero-order chi connectivity index (χ0) is 18.5. The SMILES string of the molecule is CCNC(=NCc1oc2ccc(F)cc2c1C)NCCNC(=O)C1CC1. The molecule has 6 nitrogen and oxygen atoms in total. The Morgan fingerprint density at radius 2 is 2.04 bits per heavy atom. The third kappa shape index (κ3) is 4.53. The van der Waals surface area contributed by atoms with E-state index in [1.54, 1.807) is 6.07 Å². The highest BCUT2D eigenvalue weighted by molar-refractivity contribution is 5.83. The van der Waals surface area contributed by atoms with Crippen LogP contribution in [0.2, 0.25) is 0 Å². The maximum atomic E-state index is 13.4. The van der Waals surface area contributed by atoms with Gasteiger partial charge in [-0.2, -0.15) is 0 Å². The lowest BCUT2D eigenvalue weighted by Gasteiger charge is -2.11. The van der Waals surface area contributed by atoms with Crippen LogP contribution in [-0.4, -0.2) is 31.5 Å². The monoisotopic (exact) mass is 360 g/mol. The lowest BCUT2D eigenvalue weighted by Crippen LogP contribution is -2.41. The Morgan fingerprint density at radius 1 is 1.27 bits per heavy atom. The Morgan fingerprint density at radius 3 is 2.77 bits per heavy atom. The van der Waals surface area contributed by atoms with Crippen LogP contribution < -0.4 is 16.0 Å². The summed E-state index contributed by atoms with van der Waals surface area (Å²) in [5.74, 6) is 1.44. The van der Waals surface area contributed by atoms with Crippen molar-refractivity contribution < 1.29 is 13.6 Å². The van der Waals surface area contributed by atoms with Gasteiger partial charge in [-0.05, 0) is 44.9 Å². The van der Waals surface area contributed by atoms with Crippen LogP contribution >= 0.6 is 0 Å². The molecule has 0 spiro atoms. The molecule has 0 aliphatic heterocycles. The van der Waals surface area contributed by atoms with E-state index < -0.39 is 0 Å². The number of halogens is 1. The summed E-state index contributed by atoms with van der Waals surface area (Å²) >= 11 is 0. The van der Waals surface area contributed by atoms with E-state index in [4.69, 9.17) is 4.42 Å². The van der Waals surface area contributed by atoms with Crippen molar-refractivity contribution in [3.8, 4) is 0 Å². The minimum atomic E-state index is -0.278. The van der Waals surface area contributed by atoms with Crippen LogP contribution in [0.4, 0.5) is 4.39 Å². The number of carbonyl (C=O) groups is 1. The van der Waals surface area contributed by atoms with Crippen LogP contribution in [0.5, 0.6) is 0 Å².